The standard InChI is InChI=1S/C31H45NO8/c1-18(2)15-24(28(37)38)32-26(35)7-8-27(36)40-17-25(34)31(39)14-11-23-21-6-5-19-16-20(33)9-12-29(19,3)22(21)10-13-30(23,31)4/h16,18,21-24,39H,5-15,17H2,1-4H3,(H,32,35)(H,37,38). The summed E-state index contributed by atoms with van der Waals surface area (Å²) in [6.07, 6.45) is 7.57. The van der Waals surface area contributed by atoms with Crippen molar-refractivity contribution in [1.82, 2.24) is 5.32 Å². The predicted molar refractivity (Wildman–Crippen MR) is 146 cm³/mol. The average Bonchev–Trinajstić information content (AvgIpc) is 3.17. The van der Waals surface area contributed by atoms with Gasteiger partial charge < -0.3 is 20.3 Å². The summed E-state index contributed by atoms with van der Waals surface area (Å²) in [5.41, 5.74) is -0.908. The highest BCUT2D eigenvalue weighted by molar-refractivity contribution is 5.92. The lowest BCUT2D eigenvalue weighted by molar-refractivity contribution is -0.170. The molecule has 0 bridgehead atoms. The third-order valence-electron chi connectivity index (χ3n) is 10.8. The Hall–Kier alpha value is -2.55. The first-order valence-corrected chi connectivity index (χ1v) is 14.9. The Morgan fingerprint density at radius 2 is 1.73 bits per heavy atom. The highest BCUT2D eigenvalue weighted by atomic mass is 16.5. The van der Waals surface area contributed by atoms with Crippen LogP contribution >= 0.6 is 0 Å². The van der Waals surface area contributed by atoms with E-state index >= 15 is 0 Å². The number of esters is 1. The van der Waals surface area contributed by atoms with Gasteiger partial charge in [-0.1, -0.05) is 33.3 Å². The molecule has 0 aromatic heterocycles. The molecule has 0 heterocycles. The van der Waals surface area contributed by atoms with Crippen LogP contribution in [-0.4, -0.2) is 57.9 Å². The number of hydrogen-bond acceptors (Lipinski definition) is 7. The first-order chi connectivity index (χ1) is 18.7. The number of aliphatic hydroxyl groups is 1. The number of carboxylic acid groups (broad SMARTS) is 1. The van der Waals surface area contributed by atoms with E-state index in [4.69, 9.17) is 4.74 Å². The molecule has 3 saturated carbocycles. The number of carboxylic acids is 1. The van der Waals surface area contributed by atoms with Gasteiger partial charge in [0.1, 0.15) is 11.6 Å². The number of ether oxygens (including phenoxy) is 1. The highest BCUT2D eigenvalue weighted by Crippen LogP contribution is 2.67. The normalized spacial score (nSPS) is 35.6. The van der Waals surface area contributed by atoms with E-state index in [1.165, 1.54) is 5.57 Å². The number of amides is 1. The molecule has 0 aliphatic heterocycles. The van der Waals surface area contributed by atoms with E-state index in [1.807, 2.05) is 26.8 Å². The van der Waals surface area contributed by atoms with E-state index in [0.717, 1.165) is 32.1 Å². The zero-order valence-electron chi connectivity index (χ0n) is 24.3. The smallest absolute Gasteiger partial charge is 0.326 e. The molecule has 7 unspecified atom stereocenters. The van der Waals surface area contributed by atoms with E-state index in [0.29, 0.717) is 31.1 Å². The number of allylic oxidation sites excluding steroid dienone is 1. The molecule has 7 atom stereocenters. The van der Waals surface area contributed by atoms with Crippen LogP contribution in [0, 0.1) is 34.5 Å². The molecule has 4 rings (SSSR count). The maximum absolute atomic E-state index is 13.4. The molecule has 222 valence electrons. The first kappa shape index (κ1) is 30.4. The molecule has 4 aliphatic rings. The highest BCUT2D eigenvalue weighted by Gasteiger charge is 2.66. The molecule has 0 aromatic rings. The molecule has 0 spiro atoms. The first-order valence-electron chi connectivity index (χ1n) is 14.9. The summed E-state index contributed by atoms with van der Waals surface area (Å²) < 4.78 is 5.19. The number of carbonyl (C=O) groups is 5. The molecule has 3 fully saturated rings. The van der Waals surface area contributed by atoms with Crippen molar-refractivity contribution in [2.75, 3.05) is 6.61 Å². The topological polar surface area (TPSA) is 147 Å². The third kappa shape index (κ3) is 5.50. The van der Waals surface area contributed by atoms with Gasteiger partial charge in [0.15, 0.2) is 12.4 Å². The molecule has 3 N–H and O–H groups in total. The molecule has 4 aliphatic carbocycles. The zero-order chi connectivity index (χ0) is 29.5. The van der Waals surface area contributed by atoms with Crippen LogP contribution in [0.25, 0.3) is 0 Å². The van der Waals surface area contributed by atoms with Crippen LogP contribution in [0.3, 0.4) is 0 Å². The Morgan fingerprint density at radius 1 is 1.02 bits per heavy atom. The van der Waals surface area contributed by atoms with Crippen molar-refractivity contribution in [3.05, 3.63) is 11.6 Å². The molecule has 0 saturated heterocycles. The predicted octanol–water partition coefficient (Wildman–Crippen LogP) is 3.76. The number of carbonyl (C=O) groups excluding carboxylic acids is 4. The fourth-order valence-electron chi connectivity index (χ4n) is 8.55. The van der Waals surface area contributed by atoms with Gasteiger partial charge in [-0.2, -0.15) is 0 Å². The number of rotatable bonds is 10. The molecule has 9 nitrogen and oxygen atoms in total. The van der Waals surface area contributed by atoms with Crippen molar-refractivity contribution in [2.24, 2.45) is 34.5 Å². The van der Waals surface area contributed by atoms with Gasteiger partial charge in [0, 0.05) is 18.3 Å². The summed E-state index contributed by atoms with van der Waals surface area (Å²) in [6.45, 7) is 7.46. The summed E-state index contributed by atoms with van der Waals surface area (Å²) >= 11 is 0. The Kier molecular flexibility index (Phi) is 8.65. The van der Waals surface area contributed by atoms with Crippen molar-refractivity contribution in [3.63, 3.8) is 0 Å². The summed E-state index contributed by atoms with van der Waals surface area (Å²) in [5, 5.41) is 23.5. The molecular formula is C31H45NO8. The number of ketones is 2. The quantitative estimate of drug-likeness (QED) is 0.343. The summed E-state index contributed by atoms with van der Waals surface area (Å²) in [4.78, 5) is 61.3. The second kappa shape index (κ2) is 11.4. The lowest BCUT2D eigenvalue weighted by Crippen LogP contribution is -2.58. The Balaban J connectivity index is 1.33. The maximum atomic E-state index is 13.4. The second-order valence-electron chi connectivity index (χ2n) is 13.5. The SMILES string of the molecule is CC(C)CC(NC(=O)CCC(=O)OCC(=O)C1(O)CCC2C3CCC4=CC(=O)CCC4(C)C3CCC21C)C(=O)O. The maximum Gasteiger partial charge on any atom is 0.326 e. The molecular weight excluding hydrogens is 514 g/mol. The molecule has 9 heteroatoms. The summed E-state index contributed by atoms with van der Waals surface area (Å²) in [7, 11) is 0. The van der Waals surface area contributed by atoms with E-state index in [2.05, 4.69) is 12.2 Å². The van der Waals surface area contributed by atoms with Crippen molar-refractivity contribution >= 4 is 29.4 Å². The van der Waals surface area contributed by atoms with E-state index in [-0.39, 0.29) is 42.3 Å². The number of fused-ring (bicyclic) bond motifs is 5. The molecule has 0 aromatic carbocycles. The second-order valence-corrected chi connectivity index (χ2v) is 13.5. The largest absolute Gasteiger partial charge is 0.480 e. The summed E-state index contributed by atoms with van der Waals surface area (Å²) in [6, 6.07) is -1.03. The zero-order valence-corrected chi connectivity index (χ0v) is 24.3. The minimum atomic E-state index is -1.58. The van der Waals surface area contributed by atoms with Gasteiger partial charge in [-0.15, -0.1) is 0 Å². The van der Waals surface area contributed by atoms with Crippen LogP contribution in [0.2, 0.25) is 0 Å². The van der Waals surface area contributed by atoms with Crippen LogP contribution in [0.5, 0.6) is 0 Å². The lowest BCUT2D eigenvalue weighted by Gasteiger charge is -2.58. The van der Waals surface area contributed by atoms with Crippen molar-refractivity contribution < 1.29 is 38.9 Å². The van der Waals surface area contributed by atoms with E-state index in [1.54, 1.807) is 0 Å². The number of hydrogen-bond donors (Lipinski definition) is 3. The molecule has 1 amide bonds. The third-order valence-corrected chi connectivity index (χ3v) is 10.8. The van der Waals surface area contributed by atoms with Crippen LogP contribution in [0.15, 0.2) is 11.6 Å². The van der Waals surface area contributed by atoms with E-state index in [9.17, 15) is 34.2 Å². The van der Waals surface area contributed by atoms with Crippen molar-refractivity contribution in [1.29, 1.82) is 0 Å². The van der Waals surface area contributed by atoms with Gasteiger partial charge in [-0.25, -0.2) is 4.79 Å². The van der Waals surface area contributed by atoms with Gasteiger partial charge in [-0.3, -0.25) is 19.2 Å². The fourth-order valence-corrected chi connectivity index (χ4v) is 8.55. The monoisotopic (exact) mass is 559 g/mol. The van der Waals surface area contributed by atoms with Crippen molar-refractivity contribution in [2.45, 2.75) is 110 Å². The summed E-state index contributed by atoms with van der Waals surface area (Å²) in [5.74, 6) is -1.65. The molecule has 40 heavy (non-hydrogen) atoms. The minimum absolute atomic E-state index is 0.00393. The average molecular weight is 560 g/mol. The van der Waals surface area contributed by atoms with Crippen LogP contribution < -0.4 is 5.32 Å². The van der Waals surface area contributed by atoms with Gasteiger partial charge >= 0.3 is 11.9 Å². The Labute approximate surface area is 236 Å². The van der Waals surface area contributed by atoms with Crippen molar-refractivity contribution in [3.8, 4) is 0 Å². The fraction of sp³-hybridized carbons (Fsp3) is 0.774. The number of nitrogens with one attached hydrogen (secondary N) is 1. The van der Waals surface area contributed by atoms with Crippen LogP contribution in [0.1, 0.15) is 98.3 Å². The Morgan fingerprint density at radius 3 is 2.40 bits per heavy atom. The van der Waals surface area contributed by atoms with Gasteiger partial charge in [0.05, 0.1) is 6.42 Å². The van der Waals surface area contributed by atoms with Crippen LogP contribution in [0.4, 0.5) is 0 Å². The molecule has 0 radical (unpaired) electrons. The number of Topliss-reactive ketones (excluding diaryl/α,β-unsaturated/α-hetero) is 1. The van der Waals surface area contributed by atoms with Gasteiger partial charge in [0.2, 0.25) is 11.7 Å². The minimum Gasteiger partial charge on any atom is -0.480 e. The Bertz CT molecular complexity index is 1100. The van der Waals surface area contributed by atoms with Gasteiger partial charge in [0.25, 0.3) is 0 Å². The van der Waals surface area contributed by atoms with E-state index < -0.39 is 47.3 Å². The number of aliphatic carboxylic acids is 1. The lowest BCUT2D eigenvalue weighted by atomic mass is 9.46. The van der Waals surface area contributed by atoms with Gasteiger partial charge in [-0.05, 0) is 86.5 Å². The van der Waals surface area contributed by atoms with Crippen LogP contribution in [-0.2, 0) is 28.7 Å².